The first-order chi connectivity index (χ1) is 16.1. The molecule has 1 atom stereocenters. The summed E-state index contributed by atoms with van der Waals surface area (Å²) >= 11 is 3.17. The lowest BCUT2D eigenvalue weighted by Gasteiger charge is -2.17. The zero-order valence-electron chi connectivity index (χ0n) is 17.6. The number of aromatic nitrogens is 4. The van der Waals surface area contributed by atoms with Crippen LogP contribution in [-0.4, -0.2) is 25.7 Å². The van der Waals surface area contributed by atoms with Crippen LogP contribution in [0, 0.1) is 22.7 Å². The van der Waals surface area contributed by atoms with Crippen molar-refractivity contribution in [3.05, 3.63) is 69.3 Å². The van der Waals surface area contributed by atoms with Crippen LogP contribution in [0.1, 0.15) is 58.7 Å². The van der Waals surface area contributed by atoms with E-state index in [1.165, 1.54) is 23.0 Å². The van der Waals surface area contributed by atoms with Crippen molar-refractivity contribution in [3.8, 4) is 18.0 Å². The summed E-state index contributed by atoms with van der Waals surface area (Å²) in [7, 11) is 0. The monoisotopic (exact) mass is 529 g/mol. The topological polar surface area (TPSA) is 120 Å². The SMILES string of the molecule is CC(NC(=O)c1cc(C(F)(F)F)cc(C2(C#N)CC2)c1)c1nc(Br)nn1-c1ccc(C#N)cn1. The number of nitrogens with zero attached hydrogens (tertiary/aromatic N) is 6. The molecule has 1 aliphatic carbocycles. The molecule has 8 nitrogen and oxygen atoms in total. The number of alkyl halides is 3. The van der Waals surface area contributed by atoms with E-state index in [4.69, 9.17) is 5.26 Å². The molecule has 34 heavy (non-hydrogen) atoms. The normalized spacial score (nSPS) is 15.1. The molecule has 1 saturated carbocycles. The molecule has 1 amide bonds. The van der Waals surface area contributed by atoms with Gasteiger partial charge in [0, 0.05) is 11.8 Å². The molecule has 0 spiro atoms. The molecule has 1 aliphatic rings. The highest BCUT2D eigenvalue weighted by Crippen LogP contribution is 2.48. The van der Waals surface area contributed by atoms with Crippen LogP contribution in [0.2, 0.25) is 0 Å². The first kappa shape index (κ1) is 23.4. The van der Waals surface area contributed by atoms with Gasteiger partial charge in [-0.1, -0.05) is 0 Å². The summed E-state index contributed by atoms with van der Waals surface area (Å²) in [6.45, 7) is 1.60. The lowest BCUT2D eigenvalue weighted by Crippen LogP contribution is -2.29. The highest BCUT2D eigenvalue weighted by atomic mass is 79.9. The molecule has 1 N–H and O–H groups in total. The standard InChI is InChI=1S/C22H15BrF3N7O/c1-12(18-31-20(23)32-33(18)17-3-2-13(9-27)10-29-17)30-19(34)14-6-15(21(11-28)4-5-21)8-16(7-14)22(24,25)26/h2-3,6-8,10,12H,4-5H2,1H3,(H,30,34). The predicted octanol–water partition coefficient (Wildman–Crippen LogP) is 4.36. The van der Waals surface area contributed by atoms with Crippen LogP contribution < -0.4 is 5.32 Å². The lowest BCUT2D eigenvalue weighted by atomic mass is 9.93. The van der Waals surface area contributed by atoms with Crippen LogP contribution in [0.25, 0.3) is 5.82 Å². The Hall–Kier alpha value is -3.77. The summed E-state index contributed by atoms with van der Waals surface area (Å²) in [5.74, 6) is -0.160. The van der Waals surface area contributed by atoms with Crippen LogP contribution in [0.15, 0.2) is 41.3 Å². The maximum atomic E-state index is 13.5. The van der Waals surface area contributed by atoms with Crippen molar-refractivity contribution in [3.63, 3.8) is 0 Å². The Balaban J connectivity index is 1.65. The first-order valence-electron chi connectivity index (χ1n) is 10.0. The molecule has 4 rings (SSSR count). The summed E-state index contributed by atoms with van der Waals surface area (Å²) in [6, 6.07) is 9.37. The van der Waals surface area contributed by atoms with E-state index in [1.807, 2.05) is 6.07 Å². The second-order valence-corrected chi connectivity index (χ2v) is 8.56. The Bertz CT molecular complexity index is 1350. The minimum atomic E-state index is -4.67. The van der Waals surface area contributed by atoms with Crippen LogP contribution >= 0.6 is 15.9 Å². The Morgan fingerprint density at radius 2 is 2.00 bits per heavy atom. The molecular weight excluding hydrogens is 515 g/mol. The van der Waals surface area contributed by atoms with E-state index in [2.05, 4.69) is 42.4 Å². The minimum absolute atomic E-state index is 0.176. The van der Waals surface area contributed by atoms with Gasteiger partial charge in [0.2, 0.25) is 4.73 Å². The molecule has 1 unspecified atom stereocenters. The van der Waals surface area contributed by atoms with Gasteiger partial charge < -0.3 is 5.32 Å². The zero-order chi connectivity index (χ0) is 24.7. The largest absolute Gasteiger partial charge is 0.416 e. The fourth-order valence-electron chi connectivity index (χ4n) is 3.46. The van der Waals surface area contributed by atoms with Crippen molar-refractivity contribution >= 4 is 21.8 Å². The summed E-state index contributed by atoms with van der Waals surface area (Å²) in [4.78, 5) is 21.3. The van der Waals surface area contributed by atoms with Crippen molar-refractivity contribution < 1.29 is 18.0 Å². The maximum absolute atomic E-state index is 13.5. The average Bonchev–Trinajstić information content (AvgIpc) is 3.52. The third-order valence-electron chi connectivity index (χ3n) is 5.47. The van der Waals surface area contributed by atoms with E-state index < -0.39 is 29.1 Å². The Kier molecular flexibility index (Phi) is 5.87. The van der Waals surface area contributed by atoms with Crippen molar-refractivity contribution in [2.24, 2.45) is 0 Å². The van der Waals surface area contributed by atoms with E-state index in [0.717, 1.165) is 12.1 Å². The van der Waals surface area contributed by atoms with Gasteiger partial charge in [0.15, 0.2) is 11.6 Å². The Morgan fingerprint density at radius 3 is 2.56 bits per heavy atom. The summed E-state index contributed by atoms with van der Waals surface area (Å²) in [5.41, 5.74) is -1.67. The molecule has 0 saturated heterocycles. The van der Waals surface area contributed by atoms with Gasteiger partial charge in [-0.15, -0.1) is 5.10 Å². The average molecular weight is 530 g/mol. The van der Waals surface area contributed by atoms with Gasteiger partial charge in [0.05, 0.1) is 28.7 Å². The molecule has 12 heteroatoms. The van der Waals surface area contributed by atoms with E-state index in [-0.39, 0.29) is 21.7 Å². The third-order valence-corrected chi connectivity index (χ3v) is 5.81. The van der Waals surface area contributed by atoms with Crippen LogP contribution in [0.5, 0.6) is 0 Å². The summed E-state index contributed by atoms with van der Waals surface area (Å²) in [5, 5.41) is 25.2. The second-order valence-electron chi connectivity index (χ2n) is 7.85. The summed E-state index contributed by atoms with van der Waals surface area (Å²) in [6.07, 6.45) is -2.44. The molecule has 1 fully saturated rings. The number of halogens is 4. The van der Waals surface area contributed by atoms with Crippen molar-refractivity contribution in [1.29, 1.82) is 10.5 Å². The highest BCUT2D eigenvalue weighted by Gasteiger charge is 2.46. The van der Waals surface area contributed by atoms with Gasteiger partial charge in [-0.3, -0.25) is 4.79 Å². The van der Waals surface area contributed by atoms with Crippen LogP contribution in [0.3, 0.4) is 0 Å². The number of pyridine rings is 1. The zero-order valence-corrected chi connectivity index (χ0v) is 19.1. The van der Waals surface area contributed by atoms with Crippen molar-refractivity contribution in [2.45, 2.75) is 37.4 Å². The second kappa shape index (κ2) is 8.54. The smallest absolute Gasteiger partial charge is 0.342 e. The molecule has 2 aromatic heterocycles. The van der Waals surface area contributed by atoms with E-state index in [1.54, 1.807) is 13.0 Å². The van der Waals surface area contributed by atoms with E-state index >= 15 is 0 Å². The molecular formula is C22H15BrF3N7O. The van der Waals surface area contributed by atoms with Gasteiger partial charge in [-0.2, -0.15) is 28.4 Å². The molecule has 2 heterocycles. The molecule has 3 aromatic rings. The number of hydrogen-bond acceptors (Lipinski definition) is 6. The molecule has 0 radical (unpaired) electrons. The van der Waals surface area contributed by atoms with Crippen molar-refractivity contribution in [1.82, 2.24) is 25.1 Å². The van der Waals surface area contributed by atoms with Crippen molar-refractivity contribution in [2.75, 3.05) is 0 Å². The number of amides is 1. The Morgan fingerprint density at radius 1 is 1.26 bits per heavy atom. The molecule has 172 valence electrons. The summed E-state index contributed by atoms with van der Waals surface area (Å²) < 4.78 is 42.0. The molecule has 1 aromatic carbocycles. The predicted molar refractivity (Wildman–Crippen MR) is 115 cm³/mol. The Labute approximate surface area is 200 Å². The minimum Gasteiger partial charge on any atom is -0.342 e. The maximum Gasteiger partial charge on any atom is 0.416 e. The van der Waals surface area contributed by atoms with Crippen LogP contribution in [0.4, 0.5) is 13.2 Å². The van der Waals surface area contributed by atoms with Gasteiger partial charge in [-0.05, 0) is 71.6 Å². The molecule has 0 bridgehead atoms. The number of benzene rings is 1. The van der Waals surface area contributed by atoms with E-state index in [0.29, 0.717) is 24.2 Å². The number of carbonyl (C=O) groups is 1. The van der Waals surface area contributed by atoms with Gasteiger partial charge >= 0.3 is 6.18 Å². The fraction of sp³-hybridized carbons (Fsp3) is 0.273. The quantitative estimate of drug-likeness (QED) is 0.524. The van der Waals surface area contributed by atoms with Crippen LogP contribution in [-0.2, 0) is 11.6 Å². The number of rotatable bonds is 5. The third kappa shape index (κ3) is 4.50. The number of nitriles is 2. The molecule has 0 aliphatic heterocycles. The van der Waals surface area contributed by atoms with Gasteiger partial charge in [0.25, 0.3) is 5.91 Å². The van der Waals surface area contributed by atoms with Gasteiger partial charge in [0.1, 0.15) is 6.07 Å². The number of carbonyl (C=O) groups excluding carboxylic acids is 1. The number of nitrogens with one attached hydrogen (secondary N) is 1. The highest BCUT2D eigenvalue weighted by molar-refractivity contribution is 9.10. The lowest BCUT2D eigenvalue weighted by molar-refractivity contribution is -0.137. The number of hydrogen-bond donors (Lipinski definition) is 1. The fourth-order valence-corrected chi connectivity index (χ4v) is 3.80. The van der Waals surface area contributed by atoms with E-state index in [9.17, 15) is 23.2 Å². The van der Waals surface area contributed by atoms with Gasteiger partial charge in [-0.25, -0.2) is 9.97 Å². The first-order valence-corrected chi connectivity index (χ1v) is 10.8.